The van der Waals surface area contributed by atoms with Gasteiger partial charge in [0.25, 0.3) is 5.69 Å². The second kappa shape index (κ2) is 5.79. The van der Waals surface area contributed by atoms with E-state index < -0.39 is 4.92 Å². The summed E-state index contributed by atoms with van der Waals surface area (Å²) in [5, 5.41) is 13.7. The number of pyridine rings is 1. The average molecular weight is 322 g/mol. The third-order valence-corrected chi connectivity index (χ3v) is 3.42. The minimum atomic E-state index is -0.464. The molecule has 0 fully saturated rings. The Balaban J connectivity index is 2.13. The van der Waals surface area contributed by atoms with Crippen LogP contribution in [0.1, 0.15) is 18.5 Å². The van der Waals surface area contributed by atoms with Crippen LogP contribution in [0.2, 0.25) is 0 Å². The van der Waals surface area contributed by atoms with Gasteiger partial charge in [0.15, 0.2) is 0 Å². The Kier molecular flexibility index (Phi) is 4.11. The summed E-state index contributed by atoms with van der Waals surface area (Å²) >= 11 is 3.49. The molecule has 1 aromatic carbocycles. The molecular formula is C13H12BrN3O2. The number of hydrogen-bond acceptors (Lipinski definition) is 4. The van der Waals surface area contributed by atoms with Crippen molar-refractivity contribution in [1.29, 1.82) is 0 Å². The van der Waals surface area contributed by atoms with E-state index in [-0.39, 0.29) is 11.7 Å². The molecule has 0 amide bonds. The molecule has 5 nitrogen and oxygen atoms in total. The van der Waals surface area contributed by atoms with Crippen molar-refractivity contribution in [1.82, 2.24) is 4.98 Å². The van der Waals surface area contributed by atoms with Gasteiger partial charge in [0.1, 0.15) is 12.0 Å². The van der Waals surface area contributed by atoms with Crippen molar-refractivity contribution in [2.75, 3.05) is 5.32 Å². The van der Waals surface area contributed by atoms with Crippen LogP contribution in [0.4, 0.5) is 11.5 Å². The van der Waals surface area contributed by atoms with Crippen LogP contribution in [0, 0.1) is 10.1 Å². The summed E-state index contributed by atoms with van der Waals surface area (Å²) in [6, 6.07) is 11.0. The second-order valence-electron chi connectivity index (χ2n) is 4.05. The van der Waals surface area contributed by atoms with E-state index in [1.165, 1.54) is 12.3 Å². The quantitative estimate of drug-likeness (QED) is 0.684. The van der Waals surface area contributed by atoms with E-state index in [1.807, 2.05) is 31.2 Å². The number of nitrogens with zero attached hydrogens (tertiary/aromatic N) is 2. The lowest BCUT2D eigenvalue weighted by molar-refractivity contribution is -0.385. The van der Waals surface area contributed by atoms with Crippen molar-refractivity contribution in [3.8, 4) is 0 Å². The normalized spacial score (nSPS) is 11.9. The smallest absolute Gasteiger partial charge is 0.287 e. The largest absolute Gasteiger partial charge is 0.364 e. The molecule has 0 aliphatic rings. The van der Waals surface area contributed by atoms with Crippen LogP contribution in [-0.2, 0) is 0 Å². The molecule has 0 saturated carbocycles. The van der Waals surface area contributed by atoms with Crippen molar-refractivity contribution in [2.24, 2.45) is 0 Å². The van der Waals surface area contributed by atoms with Gasteiger partial charge >= 0.3 is 0 Å². The zero-order chi connectivity index (χ0) is 13.8. The highest BCUT2D eigenvalue weighted by molar-refractivity contribution is 9.10. The van der Waals surface area contributed by atoms with E-state index in [9.17, 15) is 10.1 Å². The Hall–Kier alpha value is -1.95. The van der Waals surface area contributed by atoms with E-state index in [1.54, 1.807) is 6.07 Å². The highest BCUT2D eigenvalue weighted by atomic mass is 79.9. The van der Waals surface area contributed by atoms with E-state index in [4.69, 9.17) is 0 Å². The maximum Gasteiger partial charge on any atom is 0.287 e. The summed E-state index contributed by atoms with van der Waals surface area (Å²) in [6.07, 6.45) is 1.25. The molecule has 2 aromatic rings. The molecule has 1 aromatic heterocycles. The zero-order valence-corrected chi connectivity index (χ0v) is 11.8. The van der Waals surface area contributed by atoms with Crippen LogP contribution in [0.5, 0.6) is 0 Å². The third kappa shape index (κ3) is 3.29. The summed E-state index contributed by atoms with van der Waals surface area (Å²) in [6.45, 7) is 2.00. The van der Waals surface area contributed by atoms with Gasteiger partial charge in [-0.15, -0.1) is 0 Å². The number of benzene rings is 1. The van der Waals surface area contributed by atoms with Crippen molar-refractivity contribution in [3.63, 3.8) is 0 Å². The van der Waals surface area contributed by atoms with Gasteiger partial charge in [-0.05, 0) is 24.6 Å². The van der Waals surface area contributed by atoms with Gasteiger partial charge < -0.3 is 5.32 Å². The minimum Gasteiger partial charge on any atom is -0.364 e. The average Bonchev–Trinajstić information content (AvgIpc) is 2.39. The lowest BCUT2D eigenvalue weighted by atomic mass is 10.1. The molecule has 1 unspecified atom stereocenters. The van der Waals surface area contributed by atoms with Crippen LogP contribution in [0.15, 0.2) is 47.1 Å². The van der Waals surface area contributed by atoms with Gasteiger partial charge in [-0.1, -0.05) is 34.1 Å². The SMILES string of the molecule is CC(Nc1ccc([N+](=O)[O-])cn1)c1ccccc1Br. The molecule has 0 radical (unpaired) electrons. The van der Waals surface area contributed by atoms with Crippen molar-refractivity contribution in [3.05, 3.63) is 62.7 Å². The lowest BCUT2D eigenvalue weighted by Gasteiger charge is -2.16. The summed E-state index contributed by atoms with van der Waals surface area (Å²) in [5.74, 6) is 0.605. The molecule has 1 heterocycles. The number of halogens is 1. The van der Waals surface area contributed by atoms with Gasteiger partial charge in [-0.25, -0.2) is 4.98 Å². The van der Waals surface area contributed by atoms with Crippen LogP contribution in [-0.4, -0.2) is 9.91 Å². The van der Waals surface area contributed by atoms with Crippen molar-refractivity contribution >= 4 is 27.4 Å². The van der Waals surface area contributed by atoms with Crippen LogP contribution in [0.25, 0.3) is 0 Å². The number of nitro groups is 1. The van der Waals surface area contributed by atoms with Crippen molar-refractivity contribution < 1.29 is 4.92 Å². The van der Waals surface area contributed by atoms with E-state index in [0.717, 1.165) is 10.0 Å². The molecule has 1 atom stereocenters. The van der Waals surface area contributed by atoms with Crippen LogP contribution < -0.4 is 5.32 Å². The zero-order valence-electron chi connectivity index (χ0n) is 10.2. The molecule has 19 heavy (non-hydrogen) atoms. The van der Waals surface area contributed by atoms with Gasteiger partial charge in [0.05, 0.1) is 11.0 Å². The summed E-state index contributed by atoms with van der Waals surface area (Å²) in [5.41, 5.74) is 1.08. The summed E-state index contributed by atoms with van der Waals surface area (Å²) in [4.78, 5) is 14.1. The monoisotopic (exact) mass is 321 g/mol. The molecule has 1 N–H and O–H groups in total. The molecular weight excluding hydrogens is 310 g/mol. The first-order valence-corrected chi connectivity index (χ1v) is 6.48. The molecule has 0 spiro atoms. The standard InChI is InChI=1S/C13H12BrN3O2/c1-9(11-4-2-3-5-12(11)14)16-13-7-6-10(8-15-13)17(18)19/h2-9H,1H3,(H,15,16). The number of anilines is 1. The van der Waals surface area contributed by atoms with Crippen molar-refractivity contribution in [2.45, 2.75) is 13.0 Å². The lowest BCUT2D eigenvalue weighted by Crippen LogP contribution is -2.08. The molecule has 2 rings (SSSR count). The number of aromatic nitrogens is 1. The first-order chi connectivity index (χ1) is 9.08. The van der Waals surface area contributed by atoms with E-state index >= 15 is 0 Å². The fraction of sp³-hybridized carbons (Fsp3) is 0.154. The summed E-state index contributed by atoms with van der Waals surface area (Å²) < 4.78 is 1.01. The van der Waals surface area contributed by atoms with E-state index in [0.29, 0.717) is 5.82 Å². The highest BCUT2D eigenvalue weighted by Gasteiger charge is 2.10. The molecule has 0 aliphatic carbocycles. The number of rotatable bonds is 4. The van der Waals surface area contributed by atoms with E-state index in [2.05, 4.69) is 26.2 Å². The number of hydrogen-bond donors (Lipinski definition) is 1. The van der Waals surface area contributed by atoms with Gasteiger partial charge in [-0.2, -0.15) is 0 Å². The maximum atomic E-state index is 10.5. The molecule has 98 valence electrons. The summed E-state index contributed by atoms with van der Waals surface area (Å²) in [7, 11) is 0. The maximum absolute atomic E-state index is 10.5. The Morgan fingerprint density at radius 1 is 1.32 bits per heavy atom. The Morgan fingerprint density at radius 3 is 2.63 bits per heavy atom. The Morgan fingerprint density at radius 2 is 2.05 bits per heavy atom. The molecule has 0 aliphatic heterocycles. The predicted octanol–water partition coefficient (Wildman–Crippen LogP) is 3.93. The first kappa shape index (κ1) is 13.5. The first-order valence-electron chi connectivity index (χ1n) is 5.69. The predicted molar refractivity (Wildman–Crippen MR) is 77.1 cm³/mol. The van der Waals surface area contributed by atoms with Gasteiger partial charge in [0, 0.05) is 10.5 Å². The van der Waals surface area contributed by atoms with Crippen LogP contribution in [0.3, 0.4) is 0 Å². The Bertz CT molecular complexity index is 587. The fourth-order valence-electron chi connectivity index (χ4n) is 1.71. The molecule has 0 saturated heterocycles. The Labute approximate surface area is 119 Å². The van der Waals surface area contributed by atoms with Crippen LogP contribution >= 0.6 is 15.9 Å². The highest BCUT2D eigenvalue weighted by Crippen LogP contribution is 2.25. The fourth-order valence-corrected chi connectivity index (χ4v) is 2.33. The van der Waals surface area contributed by atoms with Gasteiger partial charge in [0.2, 0.25) is 0 Å². The molecule has 0 bridgehead atoms. The topological polar surface area (TPSA) is 68.1 Å². The minimum absolute atomic E-state index is 0.0147. The second-order valence-corrected chi connectivity index (χ2v) is 4.90. The number of nitrogens with one attached hydrogen (secondary N) is 1. The molecule has 6 heteroatoms. The van der Waals surface area contributed by atoms with Gasteiger partial charge in [-0.3, -0.25) is 10.1 Å². The third-order valence-electron chi connectivity index (χ3n) is 2.69.